The van der Waals surface area contributed by atoms with Crippen LogP contribution in [0.15, 0.2) is 35.3 Å². The molecule has 13 heavy (non-hydrogen) atoms. The fourth-order valence-electron chi connectivity index (χ4n) is 1.32. The van der Waals surface area contributed by atoms with Gasteiger partial charge in [-0.1, -0.05) is 43.7 Å². The summed E-state index contributed by atoms with van der Waals surface area (Å²) in [6.45, 7) is 2.15. The molecule has 1 unspecified atom stereocenters. The van der Waals surface area contributed by atoms with Gasteiger partial charge in [-0.25, -0.2) is 4.99 Å². The van der Waals surface area contributed by atoms with Crippen LogP contribution in [-0.2, 0) is 0 Å². The number of hydrogen-bond donors (Lipinski definition) is 0. The van der Waals surface area contributed by atoms with E-state index in [9.17, 15) is 0 Å². The van der Waals surface area contributed by atoms with Crippen molar-refractivity contribution in [1.82, 2.24) is 0 Å². The zero-order chi connectivity index (χ0) is 9.52. The Morgan fingerprint density at radius 1 is 1.38 bits per heavy atom. The summed E-state index contributed by atoms with van der Waals surface area (Å²) in [4.78, 5) is 4.15. The van der Waals surface area contributed by atoms with Crippen LogP contribution in [0.5, 0.6) is 0 Å². The molecule has 0 aliphatic carbocycles. The third-order valence-electron chi connectivity index (χ3n) is 1.95. The maximum atomic E-state index is 4.63. The van der Waals surface area contributed by atoms with Gasteiger partial charge in [0.05, 0.1) is 11.2 Å². The highest BCUT2D eigenvalue weighted by atomic mass is 32.1. The monoisotopic (exact) mass is 191 g/mol. The number of nitrogens with zero attached hydrogens (tertiary/aromatic N) is 1. The van der Waals surface area contributed by atoms with Crippen LogP contribution in [0.3, 0.4) is 0 Å². The van der Waals surface area contributed by atoms with E-state index in [-0.39, 0.29) is 6.04 Å². The Morgan fingerprint density at radius 3 is 2.62 bits per heavy atom. The van der Waals surface area contributed by atoms with Crippen molar-refractivity contribution in [1.29, 1.82) is 0 Å². The Morgan fingerprint density at radius 2 is 2.08 bits per heavy atom. The molecule has 1 nitrogen and oxygen atoms in total. The minimum Gasteiger partial charge on any atom is -0.224 e. The van der Waals surface area contributed by atoms with Gasteiger partial charge in [-0.3, -0.25) is 0 Å². The van der Waals surface area contributed by atoms with Crippen molar-refractivity contribution in [2.45, 2.75) is 25.8 Å². The molecule has 0 heterocycles. The molecule has 0 amide bonds. The van der Waals surface area contributed by atoms with Gasteiger partial charge in [-0.15, -0.1) is 0 Å². The highest BCUT2D eigenvalue weighted by Crippen LogP contribution is 2.21. The zero-order valence-electron chi connectivity index (χ0n) is 7.73. The Kier molecular flexibility index (Phi) is 4.37. The van der Waals surface area contributed by atoms with E-state index >= 15 is 0 Å². The van der Waals surface area contributed by atoms with Crippen LogP contribution in [0, 0.1) is 0 Å². The normalized spacial score (nSPS) is 11.8. The molecule has 0 spiro atoms. The van der Waals surface area contributed by atoms with E-state index in [2.05, 4.69) is 41.4 Å². The van der Waals surface area contributed by atoms with Gasteiger partial charge in [0.2, 0.25) is 0 Å². The second-order valence-electron chi connectivity index (χ2n) is 2.94. The van der Waals surface area contributed by atoms with Crippen LogP contribution in [0.4, 0.5) is 0 Å². The van der Waals surface area contributed by atoms with Crippen LogP contribution in [0.2, 0.25) is 0 Å². The number of aliphatic imine (C=N–C) groups is 1. The smallest absolute Gasteiger partial charge is 0.0852 e. The van der Waals surface area contributed by atoms with E-state index in [0.29, 0.717) is 0 Å². The summed E-state index contributed by atoms with van der Waals surface area (Å²) in [6.07, 6.45) is 2.15. The average molecular weight is 191 g/mol. The number of hydrogen-bond acceptors (Lipinski definition) is 2. The summed E-state index contributed by atoms with van der Waals surface area (Å²) in [5, 5.41) is 2.46. The largest absolute Gasteiger partial charge is 0.224 e. The molecule has 0 saturated heterocycles. The molecule has 0 saturated carbocycles. The molecule has 68 valence electrons. The van der Waals surface area contributed by atoms with Crippen LogP contribution < -0.4 is 0 Å². The maximum Gasteiger partial charge on any atom is 0.0852 e. The lowest BCUT2D eigenvalue weighted by molar-refractivity contribution is 0.644. The first-order valence-electron chi connectivity index (χ1n) is 4.50. The minimum atomic E-state index is 0.198. The SMILES string of the molecule is CCCC(N=C=S)c1ccccc1. The Balaban J connectivity index is 2.81. The van der Waals surface area contributed by atoms with Gasteiger partial charge in [-0.2, -0.15) is 0 Å². The van der Waals surface area contributed by atoms with Crippen LogP contribution in [0.1, 0.15) is 31.4 Å². The van der Waals surface area contributed by atoms with Crippen molar-refractivity contribution >= 4 is 17.4 Å². The molecule has 1 rings (SSSR count). The standard InChI is InChI=1S/C11H13NS/c1-2-6-11(12-9-13)10-7-4-3-5-8-10/h3-5,7-8,11H,2,6H2,1H3. The molecule has 1 aromatic rings. The number of isothiocyanates is 1. The van der Waals surface area contributed by atoms with Gasteiger partial charge in [0.1, 0.15) is 0 Å². The summed E-state index contributed by atoms with van der Waals surface area (Å²) in [5.74, 6) is 0. The topological polar surface area (TPSA) is 12.4 Å². The Hall–Kier alpha value is -0.980. The second-order valence-corrected chi connectivity index (χ2v) is 3.12. The predicted molar refractivity (Wildman–Crippen MR) is 59.1 cm³/mol. The van der Waals surface area contributed by atoms with Crippen molar-refractivity contribution in [3.63, 3.8) is 0 Å². The lowest BCUT2D eigenvalue weighted by Crippen LogP contribution is -1.93. The number of thiocarbonyl (C=S) groups is 1. The molecule has 1 aromatic carbocycles. The third kappa shape index (κ3) is 3.10. The highest BCUT2D eigenvalue weighted by Gasteiger charge is 2.06. The molecule has 2 heteroatoms. The van der Waals surface area contributed by atoms with Crippen LogP contribution in [0.25, 0.3) is 0 Å². The molecule has 0 radical (unpaired) electrons. The van der Waals surface area contributed by atoms with E-state index < -0.39 is 0 Å². The highest BCUT2D eigenvalue weighted by molar-refractivity contribution is 7.78. The van der Waals surface area contributed by atoms with Crippen LogP contribution in [-0.4, -0.2) is 5.16 Å². The summed E-state index contributed by atoms with van der Waals surface area (Å²) in [7, 11) is 0. The summed E-state index contributed by atoms with van der Waals surface area (Å²) >= 11 is 4.63. The molecule has 0 fully saturated rings. The molecular weight excluding hydrogens is 178 g/mol. The second kappa shape index (κ2) is 5.63. The molecule has 0 aliphatic rings. The minimum absolute atomic E-state index is 0.198. The predicted octanol–water partition coefficient (Wildman–Crippen LogP) is 3.63. The fraction of sp³-hybridized carbons (Fsp3) is 0.364. The van der Waals surface area contributed by atoms with Crippen LogP contribution >= 0.6 is 12.2 Å². The van der Waals surface area contributed by atoms with Gasteiger partial charge in [0.25, 0.3) is 0 Å². The average Bonchev–Trinajstić information content (AvgIpc) is 2.19. The summed E-state index contributed by atoms with van der Waals surface area (Å²) < 4.78 is 0. The van der Waals surface area contributed by atoms with E-state index in [4.69, 9.17) is 0 Å². The van der Waals surface area contributed by atoms with E-state index in [1.54, 1.807) is 0 Å². The zero-order valence-corrected chi connectivity index (χ0v) is 8.55. The maximum absolute atomic E-state index is 4.63. The van der Waals surface area contributed by atoms with Gasteiger partial charge in [0, 0.05) is 0 Å². The lowest BCUT2D eigenvalue weighted by Gasteiger charge is -2.08. The quantitative estimate of drug-likeness (QED) is 0.523. The van der Waals surface area contributed by atoms with Gasteiger partial charge < -0.3 is 0 Å². The molecule has 0 aliphatic heterocycles. The number of rotatable bonds is 4. The fourth-order valence-corrected chi connectivity index (χ4v) is 1.45. The first-order valence-corrected chi connectivity index (χ1v) is 4.91. The van der Waals surface area contributed by atoms with Crippen molar-refractivity contribution in [2.75, 3.05) is 0 Å². The molecular formula is C11H13NS. The van der Waals surface area contributed by atoms with Gasteiger partial charge in [-0.05, 0) is 24.2 Å². The first kappa shape index (κ1) is 10.1. The van der Waals surface area contributed by atoms with Crippen molar-refractivity contribution in [3.05, 3.63) is 35.9 Å². The Bertz CT molecular complexity index is 288. The van der Waals surface area contributed by atoms with Gasteiger partial charge in [0.15, 0.2) is 0 Å². The third-order valence-corrected chi connectivity index (χ3v) is 2.06. The molecule has 1 atom stereocenters. The van der Waals surface area contributed by atoms with Gasteiger partial charge >= 0.3 is 0 Å². The molecule has 0 N–H and O–H groups in total. The van der Waals surface area contributed by atoms with E-state index in [1.165, 1.54) is 5.56 Å². The Labute approximate surface area is 84.5 Å². The lowest BCUT2D eigenvalue weighted by atomic mass is 10.0. The molecule has 0 bridgehead atoms. The van der Waals surface area contributed by atoms with E-state index in [1.807, 2.05) is 18.2 Å². The summed E-state index contributed by atoms with van der Waals surface area (Å²) in [5.41, 5.74) is 1.22. The van der Waals surface area contributed by atoms with E-state index in [0.717, 1.165) is 12.8 Å². The summed E-state index contributed by atoms with van der Waals surface area (Å²) in [6, 6.07) is 10.4. The van der Waals surface area contributed by atoms with Crippen molar-refractivity contribution in [2.24, 2.45) is 4.99 Å². The number of benzene rings is 1. The van der Waals surface area contributed by atoms with Crippen molar-refractivity contribution < 1.29 is 0 Å². The van der Waals surface area contributed by atoms with Crippen molar-refractivity contribution in [3.8, 4) is 0 Å². The first-order chi connectivity index (χ1) is 6.38. The molecule has 0 aromatic heterocycles.